The molecule has 1 rings (SSSR count). The normalized spacial score (nSPS) is 10.0. The van der Waals surface area contributed by atoms with E-state index in [0.29, 0.717) is 5.56 Å². The van der Waals surface area contributed by atoms with Gasteiger partial charge in [-0.1, -0.05) is 0 Å². The van der Waals surface area contributed by atoms with Gasteiger partial charge in [-0.25, -0.2) is 4.39 Å². The molecular formula is C11H11FO3. The molecule has 0 aromatic heterocycles. The first-order chi connectivity index (χ1) is 7.13. The van der Waals surface area contributed by atoms with Crippen LogP contribution in [0.15, 0.2) is 24.3 Å². The van der Waals surface area contributed by atoms with Crippen LogP contribution in [-0.4, -0.2) is 23.3 Å². The number of Topliss-reactive ketones (excluding diaryl/α,β-unsaturated/α-hetero) is 2. The molecule has 15 heavy (non-hydrogen) atoms. The molecule has 0 heterocycles. The van der Waals surface area contributed by atoms with Crippen LogP contribution in [0.25, 0.3) is 0 Å². The number of ketones is 2. The Balaban J connectivity index is 2.54. The lowest BCUT2D eigenvalue weighted by molar-refractivity contribution is -0.121. The number of benzene rings is 1. The SMILES string of the molecule is O=C(CO)CCC(=O)c1ccc(F)cc1. The van der Waals surface area contributed by atoms with Crippen molar-refractivity contribution in [2.75, 3.05) is 6.61 Å². The molecule has 0 spiro atoms. The van der Waals surface area contributed by atoms with Gasteiger partial charge in [0, 0.05) is 18.4 Å². The lowest BCUT2D eigenvalue weighted by Crippen LogP contribution is -2.07. The Hall–Kier alpha value is -1.55. The number of aliphatic hydroxyl groups excluding tert-OH is 1. The predicted molar refractivity (Wildman–Crippen MR) is 52.1 cm³/mol. The molecule has 1 aromatic carbocycles. The molecule has 80 valence electrons. The maximum Gasteiger partial charge on any atom is 0.163 e. The van der Waals surface area contributed by atoms with Gasteiger partial charge in [-0.15, -0.1) is 0 Å². The zero-order valence-corrected chi connectivity index (χ0v) is 8.07. The second kappa shape index (κ2) is 5.36. The summed E-state index contributed by atoms with van der Waals surface area (Å²) < 4.78 is 12.5. The number of aliphatic hydroxyl groups is 1. The Bertz CT molecular complexity index is 357. The highest BCUT2D eigenvalue weighted by atomic mass is 19.1. The first-order valence-corrected chi connectivity index (χ1v) is 4.55. The maximum atomic E-state index is 12.5. The number of carbonyl (C=O) groups is 2. The molecule has 3 nitrogen and oxygen atoms in total. The number of hydrogen-bond acceptors (Lipinski definition) is 3. The van der Waals surface area contributed by atoms with E-state index in [4.69, 9.17) is 5.11 Å². The van der Waals surface area contributed by atoms with Crippen LogP contribution in [-0.2, 0) is 4.79 Å². The van der Waals surface area contributed by atoms with Crippen LogP contribution >= 0.6 is 0 Å². The smallest absolute Gasteiger partial charge is 0.163 e. The van der Waals surface area contributed by atoms with E-state index in [0.717, 1.165) is 0 Å². The van der Waals surface area contributed by atoms with Gasteiger partial charge in [0.25, 0.3) is 0 Å². The van der Waals surface area contributed by atoms with Crippen LogP contribution < -0.4 is 0 Å². The zero-order valence-electron chi connectivity index (χ0n) is 8.07. The Morgan fingerprint density at radius 1 is 1.13 bits per heavy atom. The molecule has 0 bridgehead atoms. The van der Waals surface area contributed by atoms with Crippen LogP contribution in [0.2, 0.25) is 0 Å². The molecule has 0 amide bonds. The first-order valence-electron chi connectivity index (χ1n) is 4.55. The highest BCUT2D eigenvalue weighted by Gasteiger charge is 2.08. The second-order valence-corrected chi connectivity index (χ2v) is 3.13. The van der Waals surface area contributed by atoms with Crippen LogP contribution in [0, 0.1) is 5.82 Å². The summed E-state index contributed by atoms with van der Waals surface area (Å²) in [6, 6.07) is 5.14. The quantitative estimate of drug-likeness (QED) is 0.746. The van der Waals surface area contributed by atoms with Crippen LogP contribution in [0.5, 0.6) is 0 Å². The molecule has 0 fully saturated rings. The molecule has 1 N–H and O–H groups in total. The Kier molecular flexibility index (Phi) is 4.12. The van der Waals surface area contributed by atoms with E-state index in [1.165, 1.54) is 24.3 Å². The highest BCUT2D eigenvalue weighted by molar-refractivity contribution is 5.98. The molecule has 0 unspecified atom stereocenters. The van der Waals surface area contributed by atoms with Crippen molar-refractivity contribution in [3.63, 3.8) is 0 Å². The first kappa shape index (κ1) is 11.5. The summed E-state index contributed by atoms with van der Waals surface area (Å²) >= 11 is 0. The molecule has 0 saturated heterocycles. The van der Waals surface area contributed by atoms with Gasteiger partial charge in [0.15, 0.2) is 11.6 Å². The van der Waals surface area contributed by atoms with Crippen molar-refractivity contribution in [2.24, 2.45) is 0 Å². The number of halogens is 1. The molecule has 0 atom stereocenters. The minimum atomic E-state index is -0.545. The van der Waals surface area contributed by atoms with Gasteiger partial charge in [0.2, 0.25) is 0 Å². The average molecular weight is 210 g/mol. The Morgan fingerprint density at radius 3 is 2.27 bits per heavy atom. The summed E-state index contributed by atoms with van der Waals surface area (Å²) in [6.07, 6.45) is 0.0672. The predicted octanol–water partition coefficient (Wildman–Crippen LogP) is 1.35. The van der Waals surface area contributed by atoms with Gasteiger partial charge in [-0.2, -0.15) is 0 Å². The van der Waals surface area contributed by atoms with Gasteiger partial charge in [-0.05, 0) is 24.3 Å². The van der Waals surface area contributed by atoms with E-state index in [-0.39, 0.29) is 24.4 Å². The molecule has 0 aliphatic heterocycles. The molecule has 0 radical (unpaired) electrons. The van der Waals surface area contributed by atoms with E-state index >= 15 is 0 Å². The molecular weight excluding hydrogens is 199 g/mol. The van der Waals surface area contributed by atoms with Crippen molar-refractivity contribution >= 4 is 11.6 Å². The summed E-state index contributed by atoms with van der Waals surface area (Å²) in [4.78, 5) is 22.2. The third-order valence-electron chi connectivity index (χ3n) is 1.97. The van der Waals surface area contributed by atoms with E-state index in [1.807, 2.05) is 0 Å². The van der Waals surface area contributed by atoms with Crippen molar-refractivity contribution in [1.29, 1.82) is 0 Å². The van der Waals surface area contributed by atoms with E-state index in [2.05, 4.69) is 0 Å². The summed E-state index contributed by atoms with van der Waals surface area (Å²) in [5, 5.41) is 8.44. The molecule has 0 aliphatic rings. The van der Waals surface area contributed by atoms with Gasteiger partial charge in [0.05, 0.1) is 0 Å². The van der Waals surface area contributed by atoms with Gasteiger partial charge in [0.1, 0.15) is 12.4 Å². The zero-order chi connectivity index (χ0) is 11.3. The lowest BCUT2D eigenvalue weighted by Gasteiger charge is -1.99. The summed E-state index contributed by atoms with van der Waals surface area (Å²) in [6.45, 7) is -0.545. The van der Waals surface area contributed by atoms with E-state index in [9.17, 15) is 14.0 Å². The van der Waals surface area contributed by atoms with Crippen molar-refractivity contribution in [2.45, 2.75) is 12.8 Å². The fourth-order valence-corrected chi connectivity index (χ4v) is 1.11. The van der Waals surface area contributed by atoms with Crippen molar-refractivity contribution in [3.05, 3.63) is 35.6 Å². The van der Waals surface area contributed by atoms with Crippen LogP contribution in [0.1, 0.15) is 23.2 Å². The highest BCUT2D eigenvalue weighted by Crippen LogP contribution is 2.07. The standard InChI is InChI=1S/C11H11FO3/c12-9-3-1-8(2-4-9)11(15)6-5-10(14)7-13/h1-4,13H,5-7H2. The topological polar surface area (TPSA) is 54.4 Å². The average Bonchev–Trinajstić information content (AvgIpc) is 2.26. The van der Waals surface area contributed by atoms with Gasteiger partial charge < -0.3 is 5.11 Å². The van der Waals surface area contributed by atoms with Crippen molar-refractivity contribution in [3.8, 4) is 0 Å². The van der Waals surface area contributed by atoms with Crippen LogP contribution in [0.4, 0.5) is 4.39 Å². The monoisotopic (exact) mass is 210 g/mol. The third kappa shape index (κ3) is 3.59. The van der Waals surface area contributed by atoms with Crippen molar-refractivity contribution in [1.82, 2.24) is 0 Å². The largest absolute Gasteiger partial charge is 0.389 e. The van der Waals surface area contributed by atoms with Gasteiger partial charge >= 0.3 is 0 Å². The summed E-state index contributed by atoms with van der Waals surface area (Å²) in [5.74, 6) is -1.000. The molecule has 0 aliphatic carbocycles. The fraction of sp³-hybridized carbons (Fsp3) is 0.273. The Morgan fingerprint density at radius 2 is 1.73 bits per heavy atom. The van der Waals surface area contributed by atoms with E-state index in [1.54, 1.807) is 0 Å². The molecule has 4 heteroatoms. The van der Waals surface area contributed by atoms with E-state index < -0.39 is 12.4 Å². The Labute approximate surface area is 86.5 Å². The van der Waals surface area contributed by atoms with Gasteiger partial charge in [-0.3, -0.25) is 9.59 Å². The fourth-order valence-electron chi connectivity index (χ4n) is 1.11. The summed E-state index contributed by atoms with van der Waals surface area (Å²) in [7, 11) is 0. The minimum Gasteiger partial charge on any atom is -0.389 e. The number of rotatable bonds is 5. The van der Waals surface area contributed by atoms with Crippen molar-refractivity contribution < 1.29 is 19.1 Å². The maximum absolute atomic E-state index is 12.5. The molecule has 0 saturated carbocycles. The van der Waals surface area contributed by atoms with Crippen LogP contribution in [0.3, 0.4) is 0 Å². The summed E-state index contributed by atoms with van der Waals surface area (Å²) in [5.41, 5.74) is 0.377. The molecule has 1 aromatic rings. The minimum absolute atomic E-state index is 0.0205. The number of hydrogen-bond donors (Lipinski definition) is 1. The lowest BCUT2D eigenvalue weighted by atomic mass is 10.1. The third-order valence-corrected chi connectivity index (χ3v) is 1.97. The number of carbonyl (C=O) groups excluding carboxylic acids is 2. The second-order valence-electron chi connectivity index (χ2n) is 3.13.